The predicted octanol–water partition coefficient (Wildman–Crippen LogP) is 1.05. The van der Waals surface area contributed by atoms with Gasteiger partial charge in [-0.2, -0.15) is 8.78 Å². The molecule has 120 valence electrons. The van der Waals surface area contributed by atoms with Crippen LogP contribution in [0.3, 0.4) is 0 Å². The summed E-state index contributed by atoms with van der Waals surface area (Å²) in [6, 6.07) is 5.18. The molecule has 1 fully saturated rings. The van der Waals surface area contributed by atoms with Gasteiger partial charge in [0, 0.05) is 18.8 Å². The lowest BCUT2D eigenvalue weighted by Gasteiger charge is -2.31. The van der Waals surface area contributed by atoms with Crippen molar-refractivity contribution in [3.05, 3.63) is 24.3 Å². The molecule has 1 aliphatic heterocycles. The van der Waals surface area contributed by atoms with Crippen LogP contribution in [-0.4, -0.2) is 49.0 Å². The Bertz CT molecular complexity index is 537. The van der Waals surface area contributed by atoms with Gasteiger partial charge in [0.25, 0.3) is 0 Å². The molecule has 1 atom stereocenters. The monoisotopic (exact) mass is 313 g/mol. The lowest BCUT2D eigenvalue weighted by Crippen LogP contribution is -2.53. The molecule has 2 amide bonds. The molecule has 6 nitrogen and oxygen atoms in total. The van der Waals surface area contributed by atoms with Crippen LogP contribution < -0.4 is 15.4 Å². The highest BCUT2D eigenvalue weighted by molar-refractivity contribution is 5.95. The van der Waals surface area contributed by atoms with Crippen molar-refractivity contribution in [2.45, 2.75) is 19.6 Å². The third-order valence-corrected chi connectivity index (χ3v) is 3.34. The summed E-state index contributed by atoms with van der Waals surface area (Å²) >= 11 is 0. The number of piperazine rings is 1. The van der Waals surface area contributed by atoms with E-state index in [0.29, 0.717) is 18.8 Å². The van der Waals surface area contributed by atoms with Gasteiger partial charge in [-0.1, -0.05) is 0 Å². The molecule has 0 unspecified atom stereocenters. The normalized spacial score (nSPS) is 17.0. The van der Waals surface area contributed by atoms with E-state index in [1.807, 2.05) is 0 Å². The zero-order valence-electron chi connectivity index (χ0n) is 12.0. The summed E-state index contributed by atoms with van der Waals surface area (Å²) in [5.74, 6) is -0.356. The maximum Gasteiger partial charge on any atom is 0.387 e. The van der Waals surface area contributed by atoms with Crippen LogP contribution in [0, 0.1) is 0 Å². The van der Waals surface area contributed by atoms with Crippen LogP contribution in [0.1, 0.15) is 6.92 Å². The summed E-state index contributed by atoms with van der Waals surface area (Å²) in [6.07, 6.45) is 0. The number of hydrogen-bond acceptors (Lipinski definition) is 4. The number of nitrogens with zero attached hydrogens (tertiary/aromatic N) is 1. The van der Waals surface area contributed by atoms with Crippen LogP contribution in [-0.2, 0) is 9.59 Å². The zero-order valence-corrected chi connectivity index (χ0v) is 12.0. The van der Waals surface area contributed by atoms with Gasteiger partial charge >= 0.3 is 6.61 Å². The highest BCUT2D eigenvalue weighted by atomic mass is 19.3. The third kappa shape index (κ3) is 4.39. The minimum absolute atomic E-state index is 0.0220. The van der Waals surface area contributed by atoms with Gasteiger partial charge in [0.1, 0.15) is 5.75 Å². The Morgan fingerprint density at radius 2 is 2.05 bits per heavy atom. The number of benzene rings is 1. The molecule has 8 heteroatoms. The highest BCUT2D eigenvalue weighted by Crippen LogP contribution is 2.18. The van der Waals surface area contributed by atoms with E-state index in [4.69, 9.17) is 0 Å². The smallest absolute Gasteiger partial charge is 0.387 e. The predicted molar refractivity (Wildman–Crippen MR) is 75.7 cm³/mol. The van der Waals surface area contributed by atoms with Crippen LogP contribution >= 0.6 is 0 Å². The van der Waals surface area contributed by atoms with Crippen LogP contribution in [0.25, 0.3) is 0 Å². The van der Waals surface area contributed by atoms with Crippen molar-refractivity contribution in [3.63, 3.8) is 0 Å². The molecule has 0 bridgehead atoms. The first kappa shape index (κ1) is 16.2. The Labute approximate surface area is 126 Å². The first-order valence-electron chi connectivity index (χ1n) is 6.82. The Kier molecular flexibility index (Phi) is 5.26. The summed E-state index contributed by atoms with van der Waals surface area (Å²) in [4.78, 5) is 25.2. The first-order chi connectivity index (χ1) is 10.5. The van der Waals surface area contributed by atoms with E-state index in [0.717, 1.165) is 0 Å². The molecule has 1 heterocycles. The lowest BCUT2D eigenvalue weighted by molar-refractivity contribution is -0.127. The second kappa shape index (κ2) is 7.17. The molecular formula is C14H17F2N3O3. The zero-order chi connectivity index (χ0) is 16.1. The Hall–Kier alpha value is -2.22. The SMILES string of the molecule is C[C@H](C(=O)Nc1ccc(OC(F)F)cc1)N1CCNC(=O)C1. The number of amides is 2. The fourth-order valence-electron chi connectivity index (χ4n) is 2.12. The lowest BCUT2D eigenvalue weighted by atomic mass is 10.2. The van der Waals surface area contributed by atoms with E-state index in [9.17, 15) is 18.4 Å². The molecule has 2 rings (SSSR count). The highest BCUT2D eigenvalue weighted by Gasteiger charge is 2.25. The molecule has 22 heavy (non-hydrogen) atoms. The summed E-state index contributed by atoms with van der Waals surface area (Å²) in [7, 11) is 0. The molecule has 0 aromatic heterocycles. The molecular weight excluding hydrogens is 296 g/mol. The number of carbonyl (C=O) groups is 2. The van der Waals surface area contributed by atoms with E-state index < -0.39 is 12.7 Å². The quantitative estimate of drug-likeness (QED) is 0.852. The molecule has 2 N–H and O–H groups in total. The molecule has 0 saturated carbocycles. The van der Waals surface area contributed by atoms with Crippen molar-refractivity contribution >= 4 is 17.5 Å². The standard InChI is InChI=1S/C14H17F2N3O3/c1-9(19-7-6-17-12(20)8-19)13(21)18-10-2-4-11(5-3-10)22-14(15)16/h2-5,9,14H,6-8H2,1H3,(H,17,20)(H,18,21)/t9-/m1/s1. The molecule has 1 aliphatic rings. The largest absolute Gasteiger partial charge is 0.435 e. The number of anilines is 1. The topological polar surface area (TPSA) is 70.7 Å². The number of nitrogens with one attached hydrogen (secondary N) is 2. The van der Waals surface area contributed by atoms with Crippen molar-refractivity contribution in [1.82, 2.24) is 10.2 Å². The average Bonchev–Trinajstić information content (AvgIpc) is 2.48. The minimum atomic E-state index is -2.88. The van der Waals surface area contributed by atoms with Crippen LogP contribution in [0.4, 0.5) is 14.5 Å². The van der Waals surface area contributed by atoms with Gasteiger partial charge < -0.3 is 15.4 Å². The number of rotatable bonds is 5. The van der Waals surface area contributed by atoms with E-state index in [2.05, 4.69) is 15.4 Å². The fourth-order valence-corrected chi connectivity index (χ4v) is 2.12. The van der Waals surface area contributed by atoms with Crippen molar-refractivity contribution in [2.75, 3.05) is 25.0 Å². The number of carbonyl (C=O) groups excluding carboxylic acids is 2. The van der Waals surface area contributed by atoms with Crippen LogP contribution in [0.15, 0.2) is 24.3 Å². The molecule has 0 aliphatic carbocycles. The summed E-state index contributed by atoms with van der Waals surface area (Å²) in [5, 5.41) is 5.37. The second-order valence-corrected chi connectivity index (χ2v) is 4.89. The summed E-state index contributed by atoms with van der Waals surface area (Å²) < 4.78 is 28.3. The third-order valence-electron chi connectivity index (χ3n) is 3.34. The number of hydrogen-bond donors (Lipinski definition) is 2. The second-order valence-electron chi connectivity index (χ2n) is 4.89. The Morgan fingerprint density at radius 3 is 2.64 bits per heavy atom. The number of halogens is 2. The van der Waals surface area contributed by atoms with Crippen LogP contribution in [0.2, 0.25) is 0 Å². The Morgan fingerprint density at radius 1 is 1.36 bits per heavy atom. The van der Waals surface area contributed by atoms with Crippen molar-refractivity contribution in [1.29, 1.82) is 0 Å². The fraction of sp³-hybridized carbons (Fsp3) is 0.429. The molecule has 1 saturated heterocycles. The van der Waals surface area contributed by atoms with Gasteiger partial charge in [-0.15, -0.1) is 0 Å². The number of alkyl halides is 2. The van der Waals surface area contributed by atoms with Crippen molar-refractivity contribution in [3.8, 4) is 5.75 Å². The van der Waals surface area contributed by atoms with Crippen molar-refractivity contribution in [2.24, 2.45) is 0 Å². The maximum atomic E-state index is 12.1. The summed E-state index contributed by atoms with van der Waals surface area (Å²) in [6.45, 7) is 0.112. The summed E-state index contributed by atoms with van der Waals surface area (Å²) in [5.41, 5.74) is 0.472. The molecule has 1 aromatic carbocycles. The first-order valence-corrected chi connectivity index (χ1v) is 6.82. The molecule has 0 radical (unpaired) electrons. The molecule has 0 spiro atoms. The number of ether oxygens (including phenoxy) is 1. The van der Waals surface area contributed by atoms with Crippen molar-refractivity contribution < 1.29 is 23.1 Å². The van der Waals surface area contributed by atoms with E-state index in [1.54, 1.807) is 11.8 Å². The maximum absolute atomic E-state index is 12.1. The van der Waals surface area contributed by atoms with Gasteiger partial charge in [-0.05, 0) is 31.2 Å². The van der Waals surface area contributed by atoms with Crippen LogP contribution in [0.5, 0.6) is 5.75 Å². The van der Waals surface area contributed by atoms with Gasteiger partial charge in [0.15, 0.2) is 0 Å². The van der Waals surface area contributed by atoms with E-state index in [-0.39, 0.29) is 24.1 Å². The molecule has 1 aromatic rings. The average molecular weight is 313 g/mol. The van der Waals surface area contributed by atoms with Gasteiger partial charge in [0.2, 0.25) is 11.8 Å². The Balaban J connectivity index is 1.91. The van der Waals surface area contributed by atoms with E-state index >= 15 is 0 Å². The van der Waals surface area contributed by atoms with E-state index in [1.165, 1.54) is 24.3 Å². The minimum Gasteiger partial charge on any atom is -0.435 e. The van der Waals surface area contributed by atoms with Gasteiger partial charge in [0.05, 0.1) is 12.6 Å². The van der Waals surface area contributed by atoms with Gasteiger partial charge in [-0.3, -0.25) is 14.5 Å². The van der Waals surface area contributed by atoms with Gasteiger partial charge in [-0.25, -0.2) is 0 Å².